The Bertz CT molecular complexity index is 302. The molecule has 0 radical (unpaired) electrons. The lowest BCUT2D eigenvalue weighted by Gasteiger charge is -2.32. The monoisotopic (exact) mass is 236 g/mol. The first-order valence-corrected chi connectivity index (χ1v) is 7.09. The second-order valence-electron chi connectivity index (χ2n) is 4.95. The van der Waals surface area contributed by atoms with Crippen molar-refractivity contribution in [2.45, 2.75) is 72.0 Å². The summed E-state index contributed by atoms with van der Waals surface area (Å²) in [7, 11) is 0. The van der Waals surface area contributed by atoms with Crippen LogP contribution in [0.4, 0.5) is 0 Å². The number of hydrogen-bond acceptors (Lipinski definition) is 1. The van der Waals surface area contributed by atoms with Crippen LogP contribution in [0, 0.1) is 0 Å². The maximum Gasteiger partial charge on any atom is 0.0225 e. The highest BCUT2D eigenvalue weighted by Crippen LogP contribution is 2.20. The van der Waals surface area contributed by atoms with Crippen molar-refractivity contribution in [3.8, 4) is 0 Å². The first-order valence-electron chi connectivity index (χ1n) is 7.09. The topological polar surface area (TPSA) is 17.0 Å². The fraction of sp³-hybridized carbons (Fsp3) is 0.733. The number of nitrogens with zero attached hydrogens (tertiary/aromatic N) is 1. The van der Waals surface area contributed by atoms with Gasteiger partial charge in [-0.25, -0.2) is 0 Å². The summed E-state index contributed by atoms with van der Waals surface area (Å²) in [5.74, 6) is 0. The third kappa shape index (κ3) is 3.88. The van der Waals surface area contributed by atoms with Crippen LogP contribution in [-0.4, -0.2) is 10.1 Å². The van der Waals surface area contributed by atoms with Crippen molar-refractivity contribution in [2.24, 2.45) is 0 Å². The molecule has 0 aliphatic carbocycles. The molecule has 2 nitrogen and oxygen atoms in total. The maximum atomic E-state index is 3.74. The van der Waals surface area contributed by atoms with E-state index in [-0.39, 0.29) is 0 Å². The highest BCUT2D eigenvalue weighted by atomic mass is 15.0. The number of hydrogen-bond donors (Lipinski definition) is 1. The number of rotatable bonds is 8. The Morgan fingerprint density at radius 3 is 2.29 bits per heavy atom. The minimum absolute atomic E-state index is 0.326. The molecule has 1 rings (SSSR count). The Kier molecular flexibility index (Phi) is 5.76. The Labute approximate surface area is 106 Å². The van der Waals surface area contributed by atoms with Crippen LogP contribution in [0.5, 0.6) is 0 Å². The van der Waals surface area contributed by atoms with Crippen molar-refractivity contribution in [1.82, 2.24) is 9.88 Å². The number of aryl methyl sites for hydroxylation is 1. The van der Waals surface area contributed by atoms with Gasteiger partial charge in [0.1, 0.15) is 0 Å². The van der Waals surface area contributed by atoms with Gasteiger partial charge in [0.05, 0.1) is 0 Å². The lowest BCUT2D eigenvalue weighted by atomic mass is 9.89. The van der Waals surface area contributed by atoms with Gasteiger partial charge in [-0.15, -0.1) is 0 Å². The molecule has 0 saturated heterocycles. The van der Waals surface area contributed by atoms with E-state index in [0.717, 1.165) is 13.1 Å². The first-order chi connectivity index (χ1) is 8.19. The summed E-state index contributed by atoms with van der Waals surface area (Å²) in [6.45, 7) is 11.2. The molecule has 0 aromatic carbocycles. The van der Waals surface area contributed by atoms with Gasteiger partial charge in [-0.1, -0.05) is 27.7 Å². The highest BCUT2D eigenvalue weighted by molar-refractivity contribution is 5.10. The molecule has 0 unspecified atom stereocenters. The summed E-state index contributed by atoms with van der Waals surface area (Å²) in [5.41, 5.74) is 1.73. The zero-order chi connectivity index (χ0) is 12.7. The van der Waals surface area contributed by atoms with Crippen molar-refractivity contribution >= 4 is 0 Å². The van der Waals surface area contributed by atoms with Crippen molar-refractivity contribution in [3.63, 3.8) is 0 Å². The van der Waals surface area contributed by atoms with Gasteiger partial charge in [-0.2, -0.15) is 0 Å². The molecule has 0 aliphatic rings. The van der Waals surface area contributed by atoms with E-state index in [4.69, 9.17) is 0 Å². The second kappa shape index (κ2) is 6.85. The minimum atomic E-state index is 0.326. The SMILES string of the molecule is CCCn1ccc(CNC(CC)(CC)CC)c1. The lowest BCUT2D eigenvalue weighted by molar-refractivity contribution is 0.288. The van der Waals surface area contributed by atoms with Gasteiger partial charge in [0.2, 0.25) is 0 Å². The van der Waals surface area contributed by atoms with E-state index in [2.05, 4.69) is 56.0 Å². The quantitative estimate of drug-likeness (QED) is 0.723. The fourth-order valence-electron chi connectivity index (χ4n) is 2.41. The normalized spacial score (nSPS) is 12.0. The van der Waals surface area contributed by atoms with Crippen molar-refractivity contribution < 1.29 is 0 Å². The summed E-state index contributed by atoms with van der Waals surface area (Å²) >= 11 is 0. The smallest absolute Gasteiger partial charge is 0.0225 e. The number of aromatic nitrogens is 1. The van der Waals surface area contributed by atoms with E-state index < -0.39 is 0 Å². The molecular formula is C15H28N2. The molecule has 0 fully saturated rings. The molecule has 17 heavy (non-hydrogen) atoms. The molecule has 0 atom stereocenters. The maximum absolute atomic E-state index is 3.74. The van der Waals surface area contributed by atoms with Crippen LogP contribution in [0.2, 0.25) is 0 Å². The predicted molar refractivity (Wildman–Crippen MR) is 75.2 cm³/mol. The summed E-state index contributed by atoms with van der Waals surface area (Å²) in [5, 5.41) is 3.74. The van der Waals surface area contributed by atoms with E-state index in [1.54, 1.807) is 0 Å². The van der Waals surface area contributed by atoms with Gasteiger partial charge in [0.15, 0.2) is 0 Å². The minimum Gasteiger partial charge on any atom is -0.354 e. The predicted octanol–water partition coefficient (Wildman–Crippen LogP) is 3.96. The molecule has 0 spiro atoms. The molecule has 1 aromatic heterocycles. The molecule has 1 N–H and O–H groups in total. The second-order valence-corrected chi connectivity index (χ2v) is 4.95. The average Bonchev–Trinajstić information content (AvgIpc) is 2.80. The van der Waals surface area contributed by atoms with Gasteiger partial charge < -0.3 is 9.88 Å². The standard InChI is InChI=1S/C15H28N2/c1-5-10-17-11-9-14(13-17)12-16-15(6-2,7-3)8-4/h9,11,13,16H,5-8,10,12H2,1-4H3. The molecule has 1 aromatic rings. The molecular weight excluding hydrogens is 208 g/mol. The first kappa shape index (κ1) is 14.3. The van der Waals surface area contributed by atoms with Crippen molar-refractivity contribution in [2.75, 3.05) is 0 Å². The van der Waals surface area contributed by atoms with Crippen molar-refractivity contribution in [3.05, 3.63) is 24.0 Å². The third-order valence-electron chi connectivity index (χ3n) is 3.99. The number of nitrogens with one attached hydrogen (secondary N) is 1. The molecule has 0 amide bonds. The van der Waals surface area contributed by atoms with Crippen molar-refractivity contribution in [1.29, 1.82) is 0 Å². The zero-order valence-electron chi connectivity index (χ0n) is 11.9. The molecule has 1 heterocycles. The third-order valence-corrected chi connectivity index (χ3v) is 3.99. The van der Waals surface area contributed by atoms with E-state index in [1.807, 2.05) is 0 Å². The van der Waals surface area contributed by atoms with Crippen LogP contribution in [0.15, 0.2) is 18.5 Å². The van der Waals surface area contributed by atoms with Gasteiger partial charge in [0.25, 0.3) is 0 Å². The zero-order valence-corrected chi connectivity index (χ0v) is 11.9. The molecule has 0 bridgehead atoms. The Balaban J connectivity index is 2.53. The fourth-order valence-corrected chi connectivity index (χ4v) is 2.41. The summed E-state index contributed by atoms with van der Waals surface area (Å²) in [6, 6.07) is 2.23. The van der Waals surface area contributed by atoms with Gasteiger partial charge in [-0.3, -0.25) is 0 Å². The highest BCUT2D eigenvalue weighted by Gasteiger charge is 2.22. The largest absolute Gasteiger partial charge is 0.354 e. The Morgan fingerprint density at radius 1 is 1.12 bits per heavy atom. The molecule has 98 valence electrons. The van der Waals surface area contributed by atoms with E-state index in [1.165, 1.54) is 31.2 Å². The average molecular weight is 236 g/mol. The lowest BCUT2D eigenvalue weighted by Crippen LogP contribution is -2.42. The van der Waals surface area contributed by atoms with Gasteiger partial charge in [0, 0.05) is 31.0 Å². The Morgan fingerprint density at radius 2 is 1.76 bits per heavy atom. The van der Waals surface area contributed by atoms with Gasteiger partial charge in [-0.05, 0) is 37.3 Å². The van der Waals surface area contributed by atoms with Crippen LogP contribution in [0.25, 0.3) is 0 Å². The van der Waals surface area contributed by atoms with Gasteiger partial charge >= 0.3 is 0 Å². The van der Waals surface area contributed by atoms with Crippen LogP contribution in [-0.2, 0) is 13.1 Å². The molecule has 0 aliphatic heterocycles. The summed E-state index contributed by atoms with van der Waals surface area (Å²) in [6.07, 6.45) is 9.26. The summed E-state index contributed by atoms with van der Waals surface area (Å²) in [4.78, 5) is 0. The van der Waals surface area contributed by atoms with E-state index in [0.29, 0.717) is 5.54 Å². The van der Waals surface area contributed by atoms with Crippen LogP contribution in [0.3, 0.4) is 0 Å². The van der Waals surface area contributed by atoms with E-state index in [9.17, 15) is 0 Å². The summed E-state index contributed by atoms with van der Waals surface area (Å²) < 4.78 is 2.28. The van der Waals surface area contributed by atoms with Crippen LogP contribution in [0.1, 0.15) is 58.9 Å². The molecule has 0 saturated carbocycles. The van der Waals surface area contributed by atoms with Crippen LogP contribution < -0.4 is 5.32 Å². The van der Waals surface area contributed by atoms with Crippen LogP contribution >= 0.6 is 0 Å². The molecule has 2 heteroatoms. The van der Waals surface area contributed by atoms with E-state index >= 15 is 0 Å². The Hall–Kier alpha value is -0.760.